The van der Waals surface area contributed by atoms with Crippen molar-refractivity contribution in [2.75, 3.05) is 26.7 Å². The zero-order valence-electron chi connectivity index (χ0n) is 9.83. The number of unbranched alkanes of at least 4 members (excludes halogenated alkanes) is 1. The Bertz CT molecular complexity index is 120. The zero-order chi connectivity index (χ0) is 10.8. The van der Waals surface area contributed by atoms with Crippen LogP contribution in [-0.4, -0.2) is 43.0 Å². The van der Waals surface area contributed by atoms with E-state index in [0.29, 0.717) is 6.61 Å². The second-order valence-corrected chi connectivity index (χ2v) is 3.71. The van der Waals surface area contributed by atoms with Gasteiger partial charge < -0.3 is 14.7 Å². The molecule has 1 N–H and O–H groups in total. The van der Waals surface area contributed by atoms with Crippen molar-refractivity contribution in [1.29, 1.82) is 0 Å². The summed E-state index contributed by atoms with van der Waals surface area (Å²) in [4.78, 5) is 2.31. The summed E-state index contributed by atoms with van der Waals surface area (Å²) in [5.41, 5.74) is 0. The van der Waals surface area contributed by atoms with Crippen molar-refractivity contribution < 1.29 is 9.84 Å². The van der Waals surface area contributed by atoms with Crippen molar-refractivity contribution in [3.05, 3.63) is 0 Å². The SMILES string of the molecule is CCCCN(C)CCCC(O)OCC. The number of rotatable bonds is 9. The first kappa shape index (κ1) is 13.9. The van der Waals surface area contributed by atoms with E-state index in [9.17, 15) is 5.11 Å². The van der Waals surface area contributed by atoms with Crippen LogP contribution < -0.4 is 0 Å². The second kappa shape index (κ2) is 9.44. The second-order valence-electron chi connectivity index (χ2n) is 3.71. The maximum Gasteiger partial charge on any atom is 0.154 e. The van der Waals surface area contributed by atoms with Crippen molar-refractivity contribution >= 4 is 0 Å². The Morgan fingerprint density at radius 1 is 1.21 bits per heavy atom. The van der Waals surface area contributed by atoms with Crippen LogP contribution in [-0.2, 0) is 4.74 Å². The molecule has 0 aliphatic heterocycles. The van der Waals surface area contributed by atoms with Crippen molar-refractivity contribution in [2.45, 2.75) is 45.8 Å². The van der Waals surface area contributed by atoms with Gasteiger partial charge in [0.25, 0.3) is 0 Å². The summed E-state index contributed by atoms with van der Waals surface area (Å²) in [5.74, 6) is 0. The lowest BCUT2D eigenvalue weighted by molar-refractivity contribution is -0.0997. The third kappa shape index (κ3) is 8.48. The molecular formula is C11H25NO2. The highest BCUT2D eigenvalue weighted by atomic mass is 16.6. The zero-order valence-corrected chi connectivity index (χ0v) is 9.83. The van der Waals surface area contributed by atoms with E-state index >= 15 is 0 Å². The van der Waals surface area contributed by atoms with E-state index in [4.69, 9.17) is 4.74 Å². The summed E-state index contributed by atoms with van der Waals surface area (Å²) in [6, 6.07) is 0. The molecule has 0 radical (unpaired) electrons. The third-order valence-corrected chi connectivity index (χ3v) is 2.24. The monoisotopic (exact) mass is 203 g/mol. The number of nitrogens with zero attached hydrogens (tertiary/aromatic N) is 1. The van der Waals surface area contributed by atoms with E-state index in [-0.39, 0.29) is 0 Å². The fourth-order valence-corrected chi connectivity index (χ4v) is 1.35. The molecule has 0 aliphatic rings. The fraction of sp³-hybridized carbons (Fsp3) is 1.00. The summed E-state index contributed by atoms with van der Waals surface area (Å²) >= 11 is 0. The highest BCUT2D eigenvalue weighted by molar-refractivity contribution is 4.52. The Morgan fingerprint density at radius 2 is 1.86 bits per heavy atom. The van der Waals surface area contributed by atoms with Crippen LogP contribution in [0.1, 0.15) is 39.5 Å². The van der Waals surface area contributed by atoms with E-state index in [0.717, 1.165) is 25.9 Å². The average Bonchev–Trinajstić information content (AvgIpc) is 2.15. The van der Waals surface area contributed by atoms with Crippen molar-refractivity contribution in [3.8, 4) is 0 Å². The van der Waals surface area contributed by atoms with Crippen LogP contribution in [0.3, 0.4) is 0 Å². The predicted octanol–water partition coefficient (Wildman–Crippen LogP) is 1.85. The number of aliphatic hydroxyl groups excluding tert-OH is 1. The molecular weight excluding hydrogens is 178 g/mol. The minimum Gasteiger partial charge on any atom is -0.368 e. The topological polar surface area (TPSA) is 32.7 Å². The number of hydrogen-bond acceptors (Lipinski definition) is 3. The van der Waals surface area contributed by atoms with Gasteiger partial charge in [0.1, 0.15) is 0 Å². The molecule has 0 aliphatic carbocycles. The normalized spacial score (nSPS) is 13.5. The molecule has 0 aromatic heterocycles. The first-order valence-corrected chi connectivity index (χ1v) is 5.68. The minimum absolute atomic E-state index is 0.570. The standard InChI is InChI=1S/C11H25NO2/c1-4-6-9-12(3)10-7-8-11(13)14-5-2/h11,13H,4-10H2,1-3H3. The summed E-state index contributed by atoms with van der Waals surface area (Å²) in [6.45, 7) is 6.89. The maximum absolute atomic E-state index is 9.30. The largest absolute Gasteiger partial charge is 0.368 e. The molecule has 0 fully saturated rings. The summed E-state index contributed by atoms with van der Waals surface area (Å²) in [5, 5.41) is 9.30. The van der Waals surface area contributed by atoms with E-state index < -0.39 is 6.29 Å². The highest BCUT2D eigenvalue weighted by Gasteiger charge is 2.03. The van der Waals surface area contributed by atoms with Crippen LogP contribution >= 0.6 is 0 Å². The fourth-order valence-electron chi connectivity index (χ4n) is 1.35. The smallest absolute Gasteiger partial charge is 0.154 e. The molecule has 0 spiro atoms. The Hall–Kier alpha value is -0.120. The Kier molecular flexibility index (Phi) is 9.35. The molecule has 3 nitrogen and oxygen atoms in total. The van der Waals surface area contributed by atoms with E-state index in [1.807, 2.05) is 6.92 Å². The lowest BCUT2D eigenvalue weighted by atomic mass is 10.2. The number of hydrogen-bond donors (Lipinski definition) is 1. The molecule has 86 valence electrons. The van der Waals surface area contributed by atoms with Crippen LogP contribution in [0.4, 0.5) is 0 Å². The molecule has 1 atom stereocenters. The summed E-state index contributed by atoms with van der Waals surface area (Å²) in [6.07, 6.45) is 3.67. The van der Waals surface area contributed by atoms with Gasteiger partial charge in [-0.2, -0.15) is 0 Å². The van der Waals surface area contributed by atoms with Gasteiger partial charge in [0, 0.05) is 6.61 Å². The third-order valence-electron chi connectivity index (χ3n) is 2.24. The molecule has 0 saturated heterocycles. The van der Waals surface area contributed by atoms with Crippen molar-refractivity contribution in [3.63, 3.8) is 0 Å². The molecule has 0 bridgehead atoms. The van der Waals surface area contributed by atoms with Gasteiger partial charge in [0.15, 0.2) is 6.29 Å². The molecule has 1 unspecified atom stereocenters. The Morgan fingerprint density at radius 3 is 2.43 bits per heavy atom. The van der Waals surface area contributed by atoms with Gasteiger partial charge in [-0.1, -0.05) is 13.3 Å². The quantitative estimate of drug-likeness (QED) is 0.581. The van der Waals surface area contributed by atoms with Gasteiger partial charge in [-0.3, -0.25) is 0 Å². The molecule has 14 heavy (non-hydrogen) atoms. The van der Waals surface area contributed by atoms with E-state index in [1.165, 1.54) is 12.8 Å². The Balaban J connectivity index is 3.25. The van der Waals surface area contributed by atoms with E-state index in [2.05, 4.69) is 18.9 Å². The van der Waals surface area contributed by atoms with E-state index in [1.54, 1.807) is 0 Å². The minimum atomic E-state index is -0.570. The van der Waals surface area contributed by atoms with Gasteiger partial charge in [-0.25, -0.2) is 0 Å². The van der Waals surface area contributed by atoms with Crippen molar-refractivity contribution in [2.24, 2.45) is 0 Å². The number of aliphatic hydroxyl groups is 1. The summed E-state index contributed by atoms with van der Waals surface area (Å²) < 4.78 is 5.04. The molecule has 0 amide bonds. The maximum atomic E-state index is 9.30. The van der Waals surface area contributed by atoms with Crippen LogP contribution in [0.15, 0.2) is 0 Å². The average molecular weight is 203 g/mol. The van der Waals surface area contributed by atoms with Crippen molar-refractivity contribution in [1.82, 2.24) is 4.90 Å². The Labute approximate surface area is 88.1 Å². The highest BCUT2D eigenvalue weighted by Crippen LogP contribution is 2.01. The summed E-state index contributed by atoms with van der Waals surface area (Å²) in [7, 11) is 2.13. The van der Waals surface area contributed by atoms with Gasteiger partial charge in [-0.15, -0.1) is 0 Å². The first-order valence-electron chi connectivity index (χ1n) is 5.68. The molecule has 0 aromatic rings. The molecule has 0 rings (SSSR count). The van der Waals surface area contributed by atoms with Crippen LogP contribution in [0.2, 0.25) is 0 Å². The lowest BCUT2D eigenvalue weighted by Gasteiger charge is -2.17. The van der Waals surface area contributed by atoms with Gasteiger partial charge in [-0.05, 0) is 46.3 Å². The number of ether oxygens (including phenoxy) is 1. The van der Waals surface area contributed by atoms with Gasteiger partial charge >= 0.3 is 0 Å². The lowest BCUT2D eigenvalue weighted by Crippen LogP contribution is -2.22. The molecule has 3 heteroatoms. The molecule has 0 heterocycles. The molecule has 0 aromatic carbocycles. The van der Waals surface area contributed by atoms with Crippen LogP contribution in [0, 0.1) is 0 Å². The predicted molar refractivity (Wildman–Crippen MR) is 59.3 cm³/mol. The molecule has 0 saturated carbocycles. The van der Waals surface area contributed by atoms with Crippen LogP contribution in [0.25, 0.3) is 0 Å². The van der Waals surface area contributed by atoms with Gasteiger partial charge in [0.2, 0.25) is 0 Å². The van der Waals surface area contributed by atoms with Crippen LogP contribution in [0.5, 0.6) is 0 Å². The first-order chi connectivity index (χ1) is 6.70. The van der Waals surface area contributed by atoms with Gasteiger partial charge in [0.05, 0.1) is 0 Å².